The SMILES string of the molecule is CCNC(C)(C)C(=O)NCc1cc[nH]c1. The van der Waals surface area contributed by atoms with Crippen LogP contribution in [0.25, 0.3) is 0 Å². The molecule has 0 spiro atoms. The number of hydrogen-bond donors (Lipinski definition) is 3. The van der Waals surface area contributed by atoms with Gasteiger partial charge >= 0.3 is 0 Å². The molecule has 0 fully saturated rings. The van der Waals surface area contributed by atoms with Crippen molar-refractivity contribution in [1.29, 1.82) is 0 Å². The lowest BCUT2D eigenvalue weighted by Crippen LogP contribution is -2.52. The van der Waals surface area contributed by atoms with Gasteiger partial charge in [-0.15, -0.1) is 0 Å². The van der Waals surface area contributed by atoms with Gasteiger partial charge in [-0.1, -0.05) is 6.92 Å². The highest BCUT2D eigenvalue weighted by Crippen LogP contribution is 2.03. The van der Waals surface area contributed by atoms with Crippen molar-refractivity contribution >= 4 is 5.91 Å². The second-order valence-electron chi connectivity index (χ2n) is 4.06. The number of hydrogen-bond acceptors (Lipinski definition) is 2. The molecule has 1 heterocycles. The van der Waals surface area contributed by atoms with Crippen LogP contribution in [-0.2, 0) is 11.3 Å². The molecule has 1 amide bonds. The van der Waals surface area contributed by atoms with E-state index >= 15 is 0 Å². The van der Waals surface area contributed by atoms with Crippen LogP contribution in [0.2, 0.25) is 0 Å². The summed E-state index contributed by atoms with van der Waals surface area (Å²) in [6.07, 6.45) is 3.72. The third kappa shape index (κ3) is 3.40. The number of carbonyl (C=O) groups excluding carboxylic acids is 1. The van der Waals surface area contributed by atoms with Gasteiger partial charge in [0.2, 0.25) is 5.91 Å². The highest BCUT2D eigenvalue weighted by Gasteiger charge is 2.25. The first-order valence-corrected chi connectivity index (χ1v) is 5.21. The molecule has 1 aromatic heterocycles. The van der Waals surface area contributed by atoms with Crippen LogP contribution in [0.4, 0.5) is 0 Å². The minimum Gasteiger partial charge on any atom is -0.367 e. The third-order valence-electron chi connectivity index (χ3n) is 2.30. The quantitative estimate of drug-likeness (QED) is 0.678. The van der Waals surface area contributed by atoms with Gasteiger partial charge in [-0.25, -0.2) is 0 Å². The van der Waals surface area contributed by atoms with Crippen LogP contribution >= 0.6 is 0 Å². The van der Waals surface area contributed by atoms with Gasteiger partial charge in [0.15, 0.2) is 0 Å². The van der Waals surface area contributed by atoms with Crippen molar-refractivity contribution < 1.29 is 4.79 Å². The van der Waals surface area contributed by atoms with Gasteiger partial charge < -0.3 is 15.6 Å². The molecular weight excluding hydrogens is 190 g/mol. The van der Waals surface area contributed by atoms with Crippen LogP contribution in [0, 0.1) is 0 Å². The van der Waals surface area contributed by atoms with Crippen molar-refractivity contribution in [2.24, 2.45) is 0 Å². The fraction of sp³-hybridized carbons (Fsp3) is 0.545. The molecule has 84 valence electrons. The van der Waals surface area contributed by atoms with Crippen LogP contribution < -0.4 is 10.6 Å². The van der Waals surface area contributed by atoms with Crippen molar-refractivity contribution in [1.82, 2.24) is 15.6 Å². The van der Waals surface area contributed by atoms with Crippen molar-refractivity contribution in [2.75, 3.05) is 6.54 Å². The second kappa shape index (κ2) is 4.98. The molecular formula is C11H19N3O. The smallest absolute Gasteiger partial charge is 0.239 e. The first-order chi connectivity index (χ1) is 7.06. The molecule has 0 saturated carbocycles. The molecule has 0 aliphatic carbocycles. The number of aromatic nitrogens is 1. The number of aromatic amines is 1. The van der Waals surface area contributed by atoms with E-state index in [1.807, 2.05) is 39.2 Å². The van der Waals surface area contributed by atoms with Crippen LogP contribution in [0.15, 0.2) is 18.5 Å². The van der Waals surface area contributed by atoms with Crippen molar-refractivity contribution in [2.45, 2.75) is 32.9 Å². The van der Waals surface area contributed by atoms with E-state index in [0.717, 1.165) is 12.1 Å². The summed E-state index contributed by atoms with van der Waals surface area (Å²) in [5.41, 5.74) is 0.570. The molecule has 0 atom stereocenters. The molecule has 1 rings (SSSR count). The largest absolute Gasteiger partial charge is 0.367 e. The number of rotatable bonds is 5. The average Bonchev–Trinajstić information content (AvgIpc) is 2.66. The van der Waals surface area contributed by atoms with E-state index < -0.39 is 5.54 Å². The highest BCUT2D eigenvalue weighted by atomic mass is 16.2. The minimum absolute atomic E-state index is 0.0190. The van der Waals surface area contributed by atoms with Crippen LogP contribution in [0.1, 0.15) is 26.3 Å². The summed E-state index contributed by atoms with van der Waals surface area (Å²) in [5, 5.41) is 6.02. The fourth-order valence-corrected chi connectivity index (χ4v) is 1.39. The number of amides is 1. The minimum atomic E-state index is -0.509. The Kier molecular flexibility index (Phi) is 3.91. The zero-order valence-electron chi connectivity index (χ0n) is 9.55. The van der Waals surface area contributed by atoms with E-state index in [1.165, 1.54) is 0 Å². The Hall–Kier alpha value is -1.29. The van der Waals surface area contributed by atoms with Gasteiger partial charge in [0, 0.05) is 18.9 Å². The molecule has 1 aromatic rings. The van der Waals surface area contributed by atoms with Gasteiger partial charge in [0.1, 0.15) is 0 Å². The molecule has 4 nitrogen and oxygen atoms in total. The van der Waals surface area contributed by atoms with Crippen molar-refractivity contribution in [3.05, 3.63) is 24.0 Å². The van der Waals surface area contributed by atoms with Gasteiger partial charge in [0.05, 0.1) is 5.54 Å². The summed E-state index contributed by atoms with van der Waals surface area (Å²) in [6.45, 7) is 7.09. The summed E-state index contributed by atoms with van der Waals surface area (Å²) in [6, 6.07) is 1.94. The molecule has 0 aliphatic rings. The first kappa shape index (κ1) is 11.8. The van der Waals surface area contributed by atoms with Gasteiger partial charge in [0.25, 0.3) is 0 Å². The summed E-state index contributed by atoms with van der Waals surface area (Å²) >= 11 is 0. The van der Waals surface area contributed by atoms with E-state index in [0.29, 0.717) is 6.54 Å². The molecule has 0 aliphatic heterocycles. The Balaban J connectivity index is 2.42. The Labute approximate surface area is 90.5 Å². The summed E-state index contributed by atoms with van der Waals surface area (Å²) in [5.74, 6) is 0.0190. The standard InChI is InChI=1S/C11H19N3O/c1-4-14-11(2,3)10(15)13-8-9-5-6-12-7-9/h5-7,12,14H,4,8H2,1-3H3,(H,13,15). The molecule has 3 N–H and O–H groups in total. The molecule has 0 radical (unpaired) electrons. The molecule has 15 heavy (non-hydrogen) atoms. The highest BCUT2D eigenvalue weighted by molar-refractivity contribution is 5.85. The van der Waals surface area contributed by atoms with E-state index in [4.69, 9.17) is 0 Å². The summed E-state index contributed by atoms with van der Waals surface area (Å²) < 4.78 is 0. The Morgan fingerprint density at radius 2 is 2.27 bits per heavy atom. The predicted molar refractivity (Wildman–Crippen MR) is 60.4 cm³/mol. The average molecular weight is 209 g/mol. The summed E-state index contributed by atoms with van der Waals surface area (Å²) in [4.78, 5) is 14.7. The van der Waals surface area contributed by atoms with E-state index in [9.17, 15) is 4.79 Å². The predicted octanol–water partition coefficient (Wildman–Crippen LogP) is 1.02. The normalized spacial score (nSPS) is 11.4. The maximum absolute atomic E-state index is 11.8. The maximum Gasteiger partial charge on any atom is 0.239 e. The topological polar surface area (TPSA) is 56.9 Å². The maximum atomic E-state index is 11.8. The molecule has 0 saturated heterocycles. The van der Waals surface area contributed by atoms with Gasteiger partial charge in [-0.3, -0.25) is 4.79 Å². The lowest BCUT2D eigenvalue weighted by Gasteiger charge is -2.24. The van der Waals surface area contributed by atoms with Crippen molar-refractivity contribution in [3.8, 4) is 0 Å². The zero-order chi connectivity index (χ0) is 11.3. The number of carbonyl (C=O) groups is 1. The second-order valence-corrected chi connectivity index (χ2v) is 4.06. The molecule has 4 heteroatoms. The lowest BCUT2D eigenvalue weighted by atomic mass is 10.0. The Bertz CT molecular complexity index is 304. The van der Waals surface area contributed by atoms with Crippen LogP contribution in [-0.4, -0.2) is 23.0 Å². The summed E-state index contributed by atoms with van der Waals surface area (Å²) in [7, 11) is 0. The van der Waals surface area contributed by atoms with E-state index in [1.54, 1.807) is 0 Å². The van der Waals surface area contributed by atoms with Crippen LogP contribution in [0.5, 0.6) is 0 Å². The number of H-pyrrole nitrogens is 1. The molecule has 0 aromatic carbocycles. The molecule has 0 bridgehead atoms. The van der Waals surface area contributed by atoms with E-state index in [2.05, 4.69) is 15.6 Å². The van der Waals surface area contributed by atoms with Crippen molar-refractivity contribution in [3.63, 3.8) is 0 Å². The Morgan fingerprint density at radius 1 is 1.53 bits per heavy atom. The lowest BCUT2D eigenvalue weighted by molar-refractivity contribution is -0.126. The van der Waals surface area contributed by atoms with E-state index in [-0.39, 0.29) is 5.91 Å². The number of nitrogens with one attached hydrogen (secondary N) is 3. The molecule has 0 unspecified atom stereocenters. The first-order valence-electron chi connectivity index (χ1n) is 5.21. The fourth-order valence-electron chi connectivity index (χ4n) is 1.39. The third-order valence-corrected chi connectivity index (χ3v) is 2.30. The van der Waals surface area contributed by atoms with Crippen LogP contribution in [0.3, 0.4) is 0 Å². The zero-order valence-corrected chi connectivity index (χ0v) is 9.55. The van der Waals surface area contributed by atoms with Gasteiger partial charge in [-0.05, 0) is 32.0 Å². The van der Waals surface area contributed by atoms with Gasteiger partial charge in [-0.2, -0.15) is 0 Å². The Morgan fingerprint density at radius 3 is 2.80 bits per heavy atom. The number of likely N-dealkylation sites (N-methyl/N-ethyl adjacent to an activating group) is 1. The monoisotopic (exact) mass is 209 g/mol.